The molecule has 1 aliphatic heterocycles. The number of imidazole rings is 1. The van der Waals surface area contributed by atoms with Crippen LogP contribution in [0.2, 0.25) is 0 Å². The second-order valence-corrected chi connectivity index (χ2v) is 5.11. The molecule has 2 aromatic rings. The van der Waals surface area contributed by atoms with E-state index in [-0.39, 0.29) is 5.91 Å². The van der Waals surface area contributed by atoms with Gasteiger partial charge in [-0.2, -0.15) is 0 Å². The highest BCUT2D eigenvalue weighted by Crippen LogP contribution is 2.13. The number of hydrogen-bond acceptors (Lipinski definition) is 3. The molecule has 1 amide bonds. The van der Waals surface area contributed by atoms with Crippen molar-refractivity contribution >= 4 is 16.9 Å². The van der Waals surface area contributed by atoms with E-state index in [2.05, 4.69) is 21.9 Å². The van der Waals surface area contributed by atoms with Gasteiger partial charge in [0.15, 0.2) is 0 Å². The molecular formula is C14H18N4O. The number of piperazine rings is 1. The van der Waals surface area contributed by atoms with Gasteiger partial charge in [0.05, 0.1) is 23.8 Å². The molecule has 0 radical (unpaired) electrons. The molecule has 0 atom stereocenters. The zero-order valence-corrected chi connectivity index (χ0v) is 11.1. The summed E-state index contributed by atoms with van der Waals surface area (Å²) in [7, 11) is 2.09. The highest BCUT2D eigenvalue weighted by molar-refractivity contribution is 5.81. The van der Waals surface area contributed by atoms with Crippen LogP contribution in [0.15, 0.2) is 24.5 Å². The van der Waals surface area contributed by atoms with E-state index in [1.54, 1.807) is 6.33 Å². The van der Waals surface area contributed by atoms with E-state index >= 15 is 0 Å². The number of fused-ring (bicyclic) bond motifs is 1. The molecule has 0 bridgehead atoms. The summed E-state index contributed by atoms with van der Waals surface area (Å²) in [5, 5.41) is 0. The predicted molar refractivity (Wildman–Crippen MR) is 73.9 cm³/mol. The normalized spacial score (nSPS) is 17.0. The fourth-order valence-electron chi connectivity index (χ4n) is 2.43. The molecule has 1 N–H and O–H groups in total. The number of hydrogen-bond donors (Lipinski definition) is 1. The van der Waals surface area contributed by atoms with Gasteiger partial charge in [-0.05, 0) is 24.7 Å². The second-order valence-electron chi connectivity index (χ2n) is 5.11. The first-order chi connectivity index (χ1) is 9.22. The minimum absolute atomic E-state index is 0.215. The standard InChI is InChI=1S/C14H18N4O/c1-17-4-6-18(7-5-17)14(19)9-11-2-3-12-13(8-11)16-10-15-12/h2-3,8,10H,4-7,9H2,1H3,(H,15,16). The molecule has 3 rings (SSSR count). The van der Waals surface area contributed by atoms with E-state index in [4.69, 9.17) is 0 Å². The Morgan fingerprint density at radius 1 is 1.32 bits per heavy atom. The number of likely N-dealkylation sites (N-methyl/N-ethyl adjacent to an activating group) is 1. The predicted octanol–water partition coefficient (Wildman–Crippen LogP) is 0.879. The van der Waals surface area contributed by atoms with Crippen LogP contribution in [0.25, 0.3) is 11.0 Å². The molecule has 0 unspecified atom stereocenters. The molecular weight excluding hydrogens is 240 g/mol. The molecule has 100 valence electrons. The third-order valence-corrected chi connectivity index (χ3v) is 3.70. The maximum atomic E-state index is 12.2. The Bertz CT molecular complexity index is 584. The SMILES string of the molecule is CN1CCN(C(=O)Cc2ccc3nc[nH]c3c2)CC1. The number of carbonyl (C=O) groups is 1. The average Bonchev–Trinajstić information content (AvgIpc) is 2.87. The molecule has 0 aliphatic carbocycles. The lowest BCUT2D eigenvalue weighted by Crippen LogP contribution is -2.47. The van der Waals surface area contributed by atoms with Gasteiger partial charge >= 0.3 is 0 Å². The Kier molecular flexibility index (Phi) is 3.21. The molecule has 19 heavy (non-hydrogen) atoms. The van der Waals surface area contributed by atoms with Gasteiger partial charge in [-0.1, -0.05) is 6.07 Å². The summed E-state index contributed by atoms with van der Waals surface area (Å²) in [4.78, 5) is 23.7. The first-order valence-corrected chi connectivity index (χ1v) is 6.61. The van der Waals surface area contributed by atoms with Crippen LogP contribution in [0.1, 0.15) is 5.56 Å². The zero-order valence-electron chi connectivity index (χ0n) is 11.1. The molecule has 5 nitrogen and oxygen atoms in total. The molecule has 1 aliphatic rings. The number of carbonyl (C=O) groups excluding carboxylic acids is 1. The van der Waals surface area contributed by atoms with Gasteiger partial charge in [0.25, 0.3) is 0 Å². The van der Waals surface area contributed by atoms with Crippen molar-refractivity contribution in [3.63, 3.8) is 0 Å². The monoisotopic (exact) mass is 258 g/mol. The van der Waals surface area contributed by atoms with Crippen molar-refractivity contribution in [1.29, 1.82) is 0 Å². The van der Waals surface area contributed by atoms with Crippen LogP contribution < -0.4 is 0 Å². The van der Waals surface area contributed by atoms with Crippen LogP contribution in [0.4, 0.5) is 0 Å². The van der Waals surface area contributed by atoms with Crippen LogP contribution in [-0.2, 0) is 11.2 Å². The lowest BCUT2D eigenvalue weighted by molar-refractivity contribution is -0.132. The van der Waals surface area contributed by atoms with Crippen molar-refractivity contribution in [2.24, 2.45) is 0 Å². The largest absolute Gasteiger partial charge is 0.345 e. The fraction of sp³-hybridized carbons (Fsp3) is 0.429. The highest BCUT2D eigenvalue weighted by atomic mass is 16.2. The maximum Gasteiger partial charge on any atom is 0.227 e. The molecule has 1 aromatic carbocycles. The van der Waals surface area contributed by atoms with E-state index in [1.165, 1.54) is 0 Å². The van der Waals surface area contributed by atoms with Gasteiger partial charge in [-0.25, -0.2) is 4.98 Å². The summed E-state index contributed by atoms with van der Waals surface area (Å²) < 4.78 is 0. The molecule has 2 heterocycles. The Labute approximate surface area is 112 Å². The van der Waals surface area contributed by atoms with E-state index in [0.29, 0.717) is 6.42 Å². The van der Waals surface area contributed by atoms with E-state index in [0.717, 1.165) is 42.8 Å². The van der Waals surface area contributed by atoms with Crippen LogP contribution in [0, 0.1) is 0 Å². The van der Waals surface area contributed by atoms with Crippen molar-refractivity contribution < 1.29 is 4.79 Å². The van der Waals surface area contributed by atoms with Crippen molar-refractivity contribution in [3.8, 4) is 0 Å². The van der Waals surface area contributed by atoms with Gasteiger partial charge < -0.3 is 14.8 Å². The summed E-state index contributed by atoms with van der Waals surface area (Å²) in [5.41, 5.74) is 2.97. The number of aromatic amines is 1. The maximum absolute atomic E-state index is 12.2. The minimum atomic E-state index is 0.215. The molecule has 1 fully saturated rings. The van der Waals surface area contributed by atoms with Crippen LogP contribution in [0.5, 0.6) is 0 Å². The zero-order chi connectivity index (χ0) is 13.2. The number of amides is 1. The number of aromatic nitrogens is 2. The summed E-state index contributed by atoms with van der Waals surface area (Å²) in [6.07, 6.45) is 2.15. The number of nitrogens with zero attached hydrogens (tertiary/aromatic N) is 3. The Balaban J connectivity index is 1.68. The van der Waals surface area contributed by atoms with Crippen molar-refractivity contribution in [2.45, 2.75) is 6.42 Å². The van der Waals surface area contributed by atoms with E-state index in [1.807, 2.05) is 23.1 Å². The van der Waals surface area contributed by atoms with Gasteiger partial charge in [-0.15, -0.1) is 0 Å². The summed E-state index contributed by atoms with van der Waals surface area (Å²) in [5.74, 6) is 0.215. The third kappa shape index (κ3) is 2.61. The molecule has 0 saturated carbocycles. The van der Waals surface area contributed by atoms with Crippen LogP contribution >= 0.6 is 0 Å². The molecule has 0 spiro atoms. The summed E-state index contributed by atoms with van der Waals surface area (Å²) >= 11 is 0. The number of benzene rings is 1. The second kappa shape index (κ2) is 5.01. The van der Waals surface area contributed by atoms with Gasteiger partial charge in [0.1, 0.15) is 0 Å². The van der Waals surface area contributed by atoms with Gasteiger partial charge in [0.2, 0.25) is 5.91 Å². The average molecular weight is 258 g/mol. The molecule has 1 saturated heterocycles. The van der Waals surface area contributed by atoms with Crippen molar-refractivity contribution in [2.75, 3.05) is 33.2 Å². The smallest absolute Gasteiger partial charge is 0.227 e. The summed E-state index contributed by atoms with van der Waals surface area (Å²) in [6, 6.07) is 5.95. The molecule has 5 heteroatoms. The van der Waals surface area contributed by atoms with Crippen molar-refractivity contribution in [1.82, 2.24) is 19.8 Å². The minimum Gasteiger partial charge on any atom is -0.345 e. The number of rotatable bonds is 2. The van der Waals surface area contributed by atoms with Crippen LogP contribution in [0.3, 0.4) is 0 Å². The quantitative estimate of drug-likeness (QED) is 0.870. The Hall–Kier alpha value is -1.88. The molecule has 1 aromatic heterocycles. The number of nitrogens with one attached hydrogen (secondary N) is 1. The van der Waals surface area contributed by atoms with Gasteiger partial charge in [-0.3, -0.25) is 4.79 Å². The van der Waals surface area contributed by atoms with E-state index < -0.39 is 0 Å². The first-order valence-electron chi connectivity index (χ1n) is 6.61. The highest BCUT2D eigenvalue weighted by Gasteiger charge is 2.19. The lowest BCUT2D eigenvalue weighted by Gasteiger charge is -2.32. The summed E-state index contributed by atoms with van der Waals surface area (Å²) in [6.45, 7) is 3.60. The van der Waals surface area contributed by atoms with Crippen molar-refractivity contribution in [3.05, 3.63) is 30.1 Å². The third-order valence-electron chi connectivity index (χ3n) is 3.70. The fourth-order valence-corrected chi connectivity index (χ4v) is 2.43. The first kappa shape index (κ1) is 12.2. The topological polar surface area (TPSA) is 52.2 Å². The Morgan fingerprint density at radius 3 is 2.89 bits per heavy atom. The van der Waals surface area contributed by atoms with Crippen LogP contribution in [-0.4, -0.2) is 58.9 Å². The van der Waals surface area contributed by atoms with Gasteiger partial charge in [0, 0.05) is 26.2 Å². The van der Waals surface area contributed by atoms with E-state index in [9.17, 15) is 4.79 Å². The lowest BCUT2D eigenvalue weighted by atomic mass is 10.1. The Morgan fingerprint density at radius 2 is 2.11 bits per heavy atom. The number of H-pyrrole nitrogens is 1.